The lowest BCUT2D eigenvalue weighted by atomic mass is 10.2. The second-order valence-corrected chi connectivity index (χ2v) is 6.86. The summed E-state index contributed by atoms with van der Waals surface area (Å²) in [5, 5.41) is 4.90. The fourth-order valence-electron chi connectivity index (χ4n) is 2.52. The Morgan fingerprint density at radius 2 is 1.79 bits per heavy atom. The van der Waals surface area contributed by atoms with E-state index in [0.717, 1.165) is 5.56 Å². The van der Waals surface area contributed by atoms with Crippen molar-refractivity contribution in [3.8, 4) is 11.5 Å². The van der Waals surface area contributed by atoms with Crippen LogP contribution in [0.1, 0.15) is 21.5 Å². The maximum absolute atomic E-state index is 12.1. The fraction of sp³-hybridized carbons (Fsp3) is 0.0909. The highest BCUT2D eigenvalue weighted by atomic mass is 35.5. The molecule has 0 fully saturated rings. The minimum Gasteiger partial charge on any atom is -0.493 e. The molecule has 3 rings (SSSR count). The highest BCUT2D eigenvalue weighted by molar-refractivity contribution is 6.32. The number of hydrogen-bond acceptors (Lipinski definition) is 4. The summed E-state index contributed by atoms with van der Waals surface area (Å²) in [7, 11) is 1.53. The van der Waals surface area contributed by atoms with E-state index < -0.39 is 0 Å². The zero-order chi connectivity index (χ0) is 20.6. The summed E-state index contributed by atoms with van der Waals surface area (Å²) in [6, 6.07) is 19.7. The maximum atomic E-state index is 12.1. The number of rotatable bonds is 7. The van der Waals surface area contributed by atoms with Gasteiger partial charge in [0.05, 0.1) is 18.3 Å². The molecule has 0 bridgehead atoms. The van der Waals surface area contributed by atoms with Gasteiger partial charge in [-0.3, -0.25) is 4.79 Å². The van der Waals surface area contributed by atoms with Gasteiger partial charge in [0.15, 0.2) is 11.5 Å². The number of amides is 1. The Hall–Kier alpha value is -3.02. The molecule has 3 aromatic carbocycles. The molecule has 0 unspecified atom stereocenters. The molecule has 0 saturated carbocycles. The molecule has 0 atom stereocenters. The monoisotopic (exact) mass is 428 g/mol. The summed E-state index contributed by atoms with van der Waals surface area (Å²) < 4.78 is 11.2. The first-order chi connectivity index (χ1) is 14.1. The van der Waals surface area contributed by atoms with Gasteiger partial charge >= 0.3 is 0 Å². The normalized spacial score (nSPS) is 10.7. The Labute approximate surface area is 178 Å². The van der Waals surface area contributed by atoms with E-state index in [2.05, 4.69) is 10.5 Å². The van der Waals surface area contributed by atoms with Crippen LogP contribution in [-0.4, -0.2) is 19.2 Å². The molecule has 3 aromatic rings. The first kappa shape index (κ1) is 20.7. The summed E-state index contributed by atoms with van der Waals surface area (Å²) in [5.74, 6) is 0.568. The Morgan fingerprint density at radius 3 is 2.48 bits per heavy atom. The molecule has 0 spiro atoms. The molecule has 7 heteroatoms. The van der Waals surface area contributed by atoms with Gasteiger partial charge in [-0.05, 0) is 47.5 Å². The van der Waals surface area contributed by atoms with Gasteiger partial charge in [-0.15, -0.1) is 0 Å². The van der Waals surface area contributed by atoms with E-state index in [1.165, 1.54) is 13.3 Å². The quantitative estimate of drug-likeness (QED) is 0.407. The Morgan fingerprint density at radius 1 is 1.07 bits per heavy atom. The molecule has 0 aliphatic rings. The number of methoxy groups -OCH3 is 1. The Bertz CT molecular complexity index is 1010. The summed E-state index contributed by atoms with van der Waals surface area (Å²) in [5.41, 5.74) is 4.57. The molecule has 0 radical (unpaired) electrons. The smallest absolute Gasteiger partial charge is 0.271 e. The largest absolute Gasteiger partial charge is 0.493 e. The lowest BCUT2D eigenvalue weighted by Crippen LogP contribution is -2.17. The van der Waals surface area contributed by atoms with Crippen molar-refractivity contribution in [2.75, 3.05) is 7.11 Å². The van der Waals surface area contributed by atoms with E-state index in [4.69, 9.17) is 32.7 Å². The number of halogens is 2. The van der Waals surface area contributed by atoms with E-state index >= 15 is 0 Å². The summed E-state index contributed by atoms with van der Waals surface area (Å²) in [6.07, 6.45) is 1.48. The molecule has 0 aliphatic heterocycles. The van der Waals surface area contributed by atoms with Gasteiger partial charge in [-0.2, -0.15) is 5.10 Å². The van der Waals surface area contributed by atoms with Crippen molar-refractivity contribution in [1.29, 1.82) is 0 Å². The molecule has 148 valence electrons. The molecular weight excluding hydrogens is 411 g/mol. The van der Waals surface area contributed by atoms with Crippen LogP contribution in [0.2, 0.25) is 10.0 Å². The fourth-order valence-corrected chi connectivity index (χ4v) is 2.92. The number of carbonyl (C=O) groups is 1. The van der Waals surface area contributed by atoms with Crippen LogP contribution in [0.15, 0.2) is 71.8 Å². The second kappa shape index (κ2) is 9.96. The molecule has 0 heterocycles. The maximum Gasteiger partial charge on any atom is 0.271 e. The highest BCUT2D eigenvalue weighted by Gasteiger charge is 2.12. The lowest BCUT2D eigenvalue weighted by molar-refractivity contribution is 0.0955. The van der Waals surface area contributed by atoms with E-state index in [1.807, 2.05) is 30.3 Å². The molecule has 0 aromatic heterocycles. The summed E-state index contributed by atoms with van der Waals surface area (Å²) >= 11 is 12.2. The predicted molar refractivity (Wildman–Crippen MR) is 115 cm³/mol. The van der Waals surface area contributed by atoms with Crippen molar-refractivity contribution in [1.82, 2.24) is 5.43 Å². The SMILES string of the molecule is COc1cc(/C=N\NC(=O)c2ccc(Cl)cc2)cc(Cl)c1OCc1ccccc1. The number of hydrazone groups is 1. The predicted octanol–water partition coefficient (Wildman–Crippen LogP) is 5.34. The van der Waals surface area contributed by atoms with Crippen molar-refractivity contribution in [2.45, 2.75) is 6.61 Å². The van der Waals surface area contributed by atoms with Crippen molar-refractivity contribution in [3.05, 3.63) is 93.5 Å². The number of ether oxygens (including phenoxy) is 2. The van der Waals surface area contributed by atoms with Gasteiger partial charge in [0, 0.05) is 10.6 Å². The van der Waals surface area contributed by atoms with Gasteiger partial charge in [-0.1, -0.05) is 53.5 Å². The van der Waals surface area contributed by atoms with Gasteiger partial charge < -0.3 is 9.47 Å². The number of carbonyl (C=O) groups excluding carboxylic acids is 1. The van der Waals surface area contributed by atoms with Crippen LogP contribution in [0.25, 0.3) is 0 Å². The Balaban J connectivity index is 1.68. The highest BCUT2D eigenvalue weighted by Crippen LogP contribution is 2.36. The third-order valence-corrected chi connectivity index (χ3v) is 4.50. The van der Waals surface area contributed by atoms with Gasteiger partial charge in [-0.25, -0.2) is 5.43 Å². The summed E-state index contributed by atoms with van der Waals surface area (Å²) in [6.45, 7) is 0.363. The van der Waals surface area contributed by atoms with Crippen molar-refractivity contribution in [2.24, 2.45) is 5.10 Å². The number of hydrogen-bond donors (Lipinski definition) is 1. The molecular formula is C22H18Cl2N2O3. The third kappa shape index (κ3) is 5.73. The van der Waals surface area contributed by atoms with Crippen LogP contribution >= 0.6 is 23.2 Å². The van der Waals surface area contributed by atoms with Crippen LogP contribution < -0.4 is 14.9 Å². The zero-order valence-corrected chi connectivity index (χ0v) is 17.1. The van der Waals surface area contributed by atoms with Crippen molar-refractivity contribution < 1.29 is 14.3 Å². The standard InChI is InChI=1S/C22H18Cl2N2O3/c1-28-20-12-16(13-25-26-22(27)17-7-9-18(23)10-8-17)11-19(24)21(20)29-14-15-5-3-2-4-6-15/h2-13H,14H2,1H3,(H,26,27)/b25-13-. The topological polar surface area (TPSA) is 59.9 Å². The third-order valence-electron chi connectivity index (χ3n) is 3.96. The first-order valence-electron chi connectivity index (χ1n) is 8.70. The van der Waals surface area contributed by atoms with Crippen LogP contribution in [0.5, 0.6) is 11.5 Å². The number of nitrogens with one attached hydrogen (secondary N) is 1. The van der Waals surface area contributed by atoms with Crippen LogP contribution in [-0.2, 0) is 6.61 Å². The number of benzene rings is 3. The summed E-state index contributed by atoms with van der Waals surface area (Å²) in [4.78, 5) is 12.1. The minimum absolute atomic E-state index is 0.348. The van der Waals surface area contributed by atoms with E-state index in [1.54, 1.807) is 36.4 Å². The minimum atomic E-state index is -0.348. The van der Waals surface area contributed by atoms with Gasteiger partial charge in [0.2, 0.25) is 0 Å². The number of nitrogens with zero attached hydrogens (tertiary/aromatic N) is 1. The van der Waals surface area contributed by atoms with E-state index in [9.17, 15) is 4.79 Å². The lowest BCUT2D eigenvalue weighted by Gasteiger charge is -2.13. The van der Waals surface area contributed by atoms with Crippen LogP contribution in [0.3, 0.4) is 0 Å². The van der Waals surface area contributed by atoms with Gasteiger partial charge in [0.1, 0.15) is 6.61 Å². The van der Waals surface area contributed by atoms with Gasteiger partial charge in [0.25, 0.3) is 5.91 Å². The average molecular weight is 429 g/mol. The van der Waals surface area contributed by atoms with Crippen LogP contribution in [0, 0.1) is 0 Å². The second-order valence-electron chi connectivity index (χ2n) is 6.01. The Kier molecular flexibility index (Phi) is 7.11. The van der Waals surface area contributed by atoms with Crippen LogP contribution in [0.4, 0.5) is 0 Å². The molecule has 1 amide bonds. The average Bonchev–Trinajstić information content (AvgIpc) is 2.73. The molecule has 0 aliphatic carbocycles. The molecule has 29 heavy (non-hydrogen) atoms. The van der Waals surface area contributed by atoms with E-state index in [0.29, 0.717) is 39.3 Å². The van der Waals surface area contributed by atoms with Crippen molar-refractivity contribution in [3.63, 3.8) is 0 Å². The molecule has 1 N–H and O–H groups in total. The van der Waals surface area contributed by atoms with Crippen molar-refractivity contribution >= 4 is 35.3 Å². The zero-order valence-electron chi connectivity index (χ0n) is 15.6. The van der Waals surface area contributed by atoms with E-state index in [-0.39, 0.29) is 5.91 Å². The molecule has 0 saturated heterocycles. The molecule has 5 nitrogen and oxygen atoms in total. The first-order valence-corrected chi connectivity index (χ1v) is 9.45.